The molecule has 1 aromatic heterocycles. The van der Waals surface area contributed by atoms with Gasteiger partial charge in [0.25, 0.3) is 0 Å². The zero-order valence-corrected chi connectivity index (χ0v) is 22.3. The molecule has 0 saturated carbocycles. The summed E-state index contributed by atoms with van der Waals surface area (Å²) in [5.41, 5.74) is 5.18. The Hall–Kier alpha value is -1.53. The number of rotatable bonds is 5. The summed E-state index contributed by atoms with van der Waals surface area (Å²) in [6.45, 7) is 28.2. The maximum absolute atomic E-state index is 7.50. The predicted molar refractivity (Wildman–Crippen MR) is 126 cm³/mol. The van der Waals surface area contributed by atoms with Crippen molar-refractivity contribution < 1.29 is 31.3 Å². The first-order valence-corrected chi connectivity index (χ1v) is 13.0. The van der Waals surface area contributed by atoms with Gasteiger partial charge in [0.2, 0.25) is 0 Å². The third-order valence-electron chi connectivity index (χ3n) is 6.61. The van der Waals surface area contributed by atoms with Crippen LogP contribution in [0.2, 0.25) is 16.6 Å². The van der Waals surface area contributed by atoms with Crippen molar-refractivity contribution >= 4 is 19.1 Å². The smallest absolute Gasteiger partial charge is 0 e. The molecule has 1 atom stereocenters. The molecule has 3 rings (SSSR count). The van der Waals surface area contributed by atoms with Gasteiger partial charge in [-0.05, 0) is 59.8 Å². The van der Waals surface area contributed by atoms with Crippen molar-refractivity contribution in [3.63, 3.8) is 0 Å². The second kappa shape index (κ2) is 16.1. The first-order chi connectivity index (χ1) is 14.9. The van der Waals surface area contributed by atoms with Gasteiger partial charge < -0.3 is 4.23 Å². The quantitative estimate of drug-likeness (QED) is 0.182. The largest absolute Gasteiger partial charge is 0 e. The van der Waals surface area contributed by atoms with Crippen LogP contribution in [0.1, 0.15) is 72.3 Å². The molecule has 0 aliphatic heterocycles. The molecule has 0 bridgehead atoms. The Kier molecular flexibility index (Phi) is 16.5. The molecular formula is C26H35CrNO3Si. The molecule has 1 unspecified atom stereocenters. The van der Waals surface area contributed by atoms with Gasteiger partial charge in [0.05, 0.1) is 0 Å². The summed E-state index contributed by atoms with van der Waals surface area (Å²) in [5, 5.41) is 1.48. The summed E-state index contributed by atoms with van der Waals surface area (Å²) in [5.74, 6) is 0.599. The second-order valence-electron chi connectivity index (χ2n) is 8.78. The first kappa shape index (κ1) is 32.6. The van der Waals surface area contributed by atoms with Crippen molar-refractivity contribution in [3.05, 3.63) is 68.1 Å². The predicted octanol–water partition coefficient (Wildman–Crippen LogP) is 7.37. The van der Waals surface area contributed by atoms with Crippen LogP contribution in [-0.4, -0.2) is 12.5 Å². The molecule has 2 aromatic rings. The van der Waals surface area contributed by atoms with Gasteiger partial charge in [0, 0.05) is 34.2 Å². The number of benzene rings is 1. The van der Waals surface area contributed by atoms with Crippen molar-refractivity contribution in [1.29, 1.82) is 0 Å². The summed E-state index contributed by atoms with van der Waals surface area (Å²) in [4.78, 5) is 0. The van der Waals surface area contributed by atoms with E-state index in [1.165, 1.54) is 35.7 Å². The molecular weight excluding hydrogens is 454 g/mol. The molecule has 1 aliphatic rings. The summed E-state index contributed by atoms with van der Waals surface area (Å²) >= 11 is 0. The van der Waals surface area contributed by atoms with Gasteiger partial charge in [0.15, 0.2) is 8.24 Å². The molecule has 1 aromatic carbocycles. The van der Waals surface area contributed by atoms with E-state index < -0.39 is 8.24 Å². The zero-order chi connectivity index (χ0) is 24.2. The van der Waals surface area contributed by atoms with E-state index in [0.29, 0.717) is 5.92 Å². The standard InChI is InChI=1S/C23H35NSi.3CO.Cr/c1-17(2)25(18(3)4,19(5)6)24-16-15-22-21(13-10-14-23(22)24)20-11-8-7-9-12-20;3*1-2;/h8,10-11,13-20H,7,9,12H2,1-6H3;;;;. The van der Waals surface area contributed by atoms with Crippen LogP contribution in [0.4, 0.5) is 0 Å². The Morgan fingerprint density at radius 1 is 0.875 bits per heavy atom. The molecule has 1 aliphatic carbocycles. The number of aromatic nitrogens is 1. The average Bonchev–Trinajstić information content (AvgIpc) is 3.22. The zero-order valence-electron chi connectivity index (χ0n) is 20.1. The van der Waals surface area contributed by atoms with Crippen LogP contribution in [-0.2, 0) is 31.3 Å². The summed E-state index contributed by atoms with van der Waals surface area (Å²) < 4.78 is 25.2. The van der Waals surface area contributed by atoms with E-state index in [0.717, 1.165) is 16.6 Å². The Labute approximate surface area is 205 Å². The van der Waals surface area contributed by atoms with Gasteiger partial charge in [-0.25, -0.2) is 0 Å². The van der Waals surface area contributed by atoms with E-state index in [1.54, 1.807) is 0 Å². The molecule has 0 saturated heterocycles. The molecule has 1 heterocycles. The molecule has 0 radical (unpaired) electrons. The molecule has 6 heteroatoms. The van der Waals surface area contributed by atoms with E-state index in [2.05, 4.69) is 108 Å². The number of hydrogen-bond donors (Lipinski definition) is 0. The second-order valence-corrected chi connectivity index (χ2v) is 14.5. The molecule has 172 valence electrons. The topological polar surface area (TPSA) is 64.6 Å². The fraction of sp³-hybridized carbons (Fsp3) is 0.500. The Morgan fingerprint density at radius 3 is 1.84 bits per heavy atom. The molecule has 0 fully saturated rings. The maximum Gasteiger partial charge on any atom is 0 e. The van der Waals surface area contributed by atoms with Crippen molar-refractivity contribution in [2.45, 2.75) is 83.3 Å². The molecule has 0 N–H and O–H groups in total. The molecule has 0 spiro atoms. The van der Waals surface area contributed by atoms with Gasteiger partial charge in [-0.1, -0.05) is 65.8 Å². The minimum atomic E-state index is -1.69. The van der Waals surface area contributed by atoms with Crippen LogP contribution < -0.4 is 0 Å². The fourth-order valence-corrected chi connectivity index (χ4v) is 12.4. The van der Waals surface area contributed by atoms with E-state index in [9.17, 15) is 0 Å². The van der Waals surface area contributed by atoms with Crippen molar-refractivity contribution in [1.82, 2.24) is 4.23 Å². The average molecular weight is 490 g/mol. The van der Waals surface area contributed by atoms with Crippen molar-refractivity contribution in [2.75, 3.05) is 0 Å². The number of allylic oxidation sites excluding steroid dienone is 2. The Bertz CT molecular complexity index is 857. The fourth-order valence-electron chi connectivity index (χ4n) is 5.76. The Morgan fingerprint density at radius 2 is 1.41 bits per heavy atom. The molecule has 4 nitrogen and oxygen atoms in total. The number of fused-ring (bicyclic) bond motifs is 1. The van der Waals surface area contributed by atoms with E-state index in [4.69, 9.17) is 14.0 Å². The van der Waals surface area contributed by atoms with Crippen molar-refractivity contribution in [3.8, 4) is 0 Å². The first-order valence-electron chi connectivity index (χ1n) is 10.8. The monoisotopic (exact) mass is 489 g/mol. The van der Waals surface area contributed by atoms with Gasteiger partial charge in [-0.3, -0.25) is 0 Å². The van der Waals surface area contributed by atoms with Gasteiger partial charge in [-0.15, -0.1) is 0 Å². The Balaban J connectivity index is 0. The third-order valence-corrected chi connectivity index (χ3v) is 13.4. The van der Waals surface area contributed by atoms with Crippen molar-refractivity contribution in [2.24, 2.45) is 0 Å². The van der Waals surface area contributed by atoms with Gasteiger partial charge in [-0.2, -0.15) is 0 Å². The normalized spacial score (nSPS) is 14.9. The van der Waals surface area contributed by atoms with Crippen LogP contribution in [0.3, 0.4) is 0 Å². The minimum Gasteiger partial charge on any atom is 0 e. The van der Waals surface area contributed by atoms with Crippen LogP contribution in [0.15, 0.2) is 42.6 Å². The summed E-state index contributed by atoms with van der Waals surface area (Å²) in [7, 11) is -1.69. The van der Waals surface area contributed by atoms with Gasteiger partial charge in [0.1, 0.15) is 0 Å². The number of nitrogens with zero attached hydrogens (tertiary/aromatic N) is 1. The van der Waals surface area contributed by atoms with E-state index >= 15 is 0 Å². The number of hydrogen-bond acceptors (Lipinski definition) is 0. The van der Waals surface area contributed by atoms with Crippen LogP contribution >= 0.6 is 0 Å². The minimum absolute atomic E-state index is 0. The third kappa shape index (κ3) is 6.50. The maximum atomic E-state index is 7.50. The van der Waals surface area contributed by atoms with E-state index in [-0.39, 0.29) is 17.4 Å². The van der Waals surface area contributed by atoms with E-state index in [1.807, 2.05) is 0 Å². The molecule has 0 amide bonds. The van der Waals surface area contributed by atoms with Crippen LogP contribution in [0.25, 0.3) is 10.9 Å². The van der Waals surface area contributed by atoms with Crippen LogP contribution in [0.5, 0.6) is 0 Å². The van der Waals surface area contributed by atoms with Crippen LogP contribution in [0, 0.1) is 20.0 Å². The molecule has 32 heavy (non-hydrogen) atoms. The summed E-state index contributed by atoms with van der Waals surface area (Å²) in [6, 6.07) is 9.41. The SMILES string of the molecule is CC(C)[Si](C(C)C)(C(C)C)n1ccc2c(C3C=CCCC3)cccc21.[C-]#[O+].[C-]#[O+].[C-]#[O+].[Cr]. The summed E-state index contributed by atoms with van der Waals surface area (Å²) in [6.07, 6.45) is 11.1. The van der Waals surface area contributed by atoms with Gasteiger partial charge >= 0.3 is 33.9 Å².